The lowest BCUT2D eigenvalue weighted by Gasteiger charge is -2.36. The third-order valence-electron chi connectivity index (χ3n) is 5.50. The second-order valence-electron chi connectivity index (χ2n) is 7.86. The fraction of sp³-hybridized carbons (Fsp3) is 0.391. The van der Waals surface area contributed by atoms with Gasteiger partial charge in [-0.3, -0.25) is 9.59 Å². The number of thioether (sulfide) groups is 1. The monoisotopic (exact) mass is 493 g/mol. The predicted molar refractivity (Wildman–Crippen MR) is 127 cm³/mol. The molecule has 0 unspecified atom stereocenters. The van der Waals surface area contributed by atoms with E-state index in [1.165, 1.54) is 16.4 Å². The maximum atomic E-state index is 13.2. The van der Waals surface area contributed by atoms with Gasteiger partial charge in [0.1, 0.15) is 11.9 Å². The maximum Gasteiger partial charge on any atom is 0.251 e. The van der Waals surface area contributed by atoms with E-state index in [4.69, 9.17) is 0 Å². The highest BCUT2D eigenvalue weighted by molar-refractivity contribution is 7.98. The van der Waals surface area contributed by atoms with Gasteiger partial charge in [-0.05, 0) is 61.8 Å². The Morgan fingerprint density at radius 3 is 2.36 bits per heavy atom. The van der Waals surface area contributed by atoms with E-state index >= 15 is 0 Å². The van der Waals surface area contributed by atoms with E-state index in [-0.39, 0.29) is 42.9 Å². The molecule has 2 amide bonds. The van der Waals surface area contributed by atoms with Gasteiger partial charge in [-0.2, -0.15) is 16.1 Å². The van der Waals surface area contributed by atoms with Crippen molar-refractivity contribution in [2.75, 3.05) is 38.2 Å². The van der Waals surface area contributed by atoms with Gasteiger partial charge in [0.2, 0.25) is 15.9 Å². The molecule has 2 aromatic rings. The van der Waals surface area contributed by atoms with E-state index < -0.39 is 21.9 Å². The Kier molecular flexibility index (Phi) is 8.50. The van der Waals surface area contributed by atoms with Crippen LogP contribution < -0.4 is 5.32 Å². The summed E-state index contributed by atoms with van der Waals surface area (Å²) in [6, 6.07) is 11.2. The first-order chi connectivity index (χ1) is 15.7. The van der Waals surface area contributed by atoms with Gasteiger partial charge in [0.15, 0.2) is 0 Å². The van der Waals surface area contributed by atoms with Crippen LogP contribution in [0.1, 0.15) is 22.3 Å². The molecule has 0 aromatic heterocycles. The molecule has 178 valence electrons. The molecule has 1 atom stereocenters. The Hall–Kier alpha value is -2.43. The van der Waals surface area contributed by atoms with Crippen molar-refractivity contribution in [1.82, 2.24) is 14.5 Å². The van der Waals surface area contributed by atoms with E-state index in [0.717, 1.165) is 17.7 Å². The summed E-state index contributed by atoms with van der Waals surface area (Å²) in [7, 11) is -3.77. The second kappa shape index (κ2) is 11.1. The Bertz CT molecular complexity index is 1090. The average molecular weight is 494 g/mol. The largest absolute Gasteiger partial charge is 0.340 e. The van der Waals surface area contributed by atoms with Crippen molar-refractivity contribution in [2.45, 2.75) is 24.3 Å². The minimum Gasteiger partial charge on any atom is -0.340 e. The zero-order valence-electron chi connectivity index (χ0n) is 18.7. The van der Waals surface area contributed by atoms with Crippen molar-refractivity contribution in [3.63, 3.8) is 0 Å². The number of carbonyl (C=O) groups is 2. The Morgan fingerprint density at radius 2 is 1.76 bits per heavy atom. The smallest absolute Gasteiger partial charge is 0.251 e. The molecule has 0 saturated carbocycles. The molecule has 10 heteroatoms. The quantitative estimate of drug-likeness (QED) is 0.611. The minimum absolute atomic E-state index is 0.0203. The van der Waals surface area contributed by atoms with E-state index in [2.05, 4.69) is 5.32 Å². The molecule has 2 aromatic carbocycles. The number of rotatable bonds is 8. The first-order valence-electron chi connectivity index (χ1n) is 10.6. The summed E-state index contributed by atoms with van der Waals surface area (Å²) >= 11 is 1.59. The van der Waals surface area contributed by atoms with Crippen LogP contribution in [0.4, 0.5) is 4.39 Å². The lowest BCUT2D eigenvalue weighted by molar-refractivity contribution is -0.134. The molecule has 7 nitrogen and oxygen atoms in total. The lowest BCUT2D eigenvalue weighted by atomic mass is 10.1. The van der Waals surface area contributed by atoms with Crippen molar-refractivity contribution in [1.29, 1.82) is 0 Å². The third-order valence-corrected chi connectivity index (χ3v) is 8.05. The SMILES string of the molecule is CSCC[C@H](NC(=O)c1cccc(C)c1)C(=O)N1CCN(S(=O)(=O)c2ccc(F)cc2)CC1. The van der Waals surface area contributed by atoms with Gasteiger partial charge in [0.25, 0.3) is 5.91 Å². The topological polar surface area (TPSA) is 86.8 Å². The number of benzene rings is 2. The summed E-state index contributed by atoms with van der Waals surface area (Å²) in [5.41, 5.74) is 1.44. The molecule has 1 aliphatic rings. The lowest BCUT2D eigenvalue weighted by Crippen LogP contribution is -2.55. The van der Waals surface area contributed by atoms with Gasteiger partial charge >= 0.3 is 0 Å². The number of hydrogen-bond donors (Lipinski definition) is 1. The highest BCUT2D eigenvalue weighted by Gasteiger charge is 2.33. The van der Waals surface area contributed by atoms with E-state index in [1.807, 2.05) is 19.2 Å². The highest BCUT2D eigenvalue weighted by Crippen LogP contribution is 2.19. The number of sulfonamides is 1. The van der Waals surface area contributed by atoms with Crippen LogP contribution in [0.5, 0.6) is 0 Å². The molecule has 0 bridgehead atoms. The summed E-state index contributed by atoms with van der Waals surface area (Å²) in [6.45, 7) is 2.59. The molecule has 1 saturated heterocycles. The fourth-order valence-electron chi connectivity index (χ4n) is 3.65. The van der Waals surface area contributed by atoms with Crippen LogP contribution in [0.15, 0.2) is 53.4 Å². The number of halogens is 1. The zero-order valence-corrected chi connectivity index (χ0v) is 20.3. The standard InChI is InChI=1S/C23H28FN3O4S2/c1-17-4-3-5-18(16-17)22(28)25-21(10-15-32-2)23(29)26-11-13-27(14-12-26)33(30,31)20-8-6-19(24)7-9-20/h3-9,16,21H,10-15H2,1-2H3,(H,25,28)/t21-/m0/s1. The molecule has 1 N–H and O–H groups in total. The number of aryl methyl sites for hydroxylation is 1. The van der Waals surface area contributed by atoms with Crippen LogP contribution in [0.2, 0.25) is 0 Å². The minimum atomic E-state index is -3.77. The molecule has 0 spiro atoms. The van der Waals surface area contributed by atoms with Crippen LogP contribution >= 0.6 is 11.8 Å². The predicted octanol–water partition coefficient (Wildman–Crippen LogP) is 2.52. The molecule has 0 radical (unpaired) electrons. The molecule has 1 heterocycles. The van der Waals surface area contributed by atoms with Gasteiger partial charge < -0.3 is 10.2 Å². The number of carbonyl (C=O) groups excluding carboxylic acids is 2. The zero-order chi connectivity index (χ0) is 24.0. The van der Waals surface area contributed by atoms with E-state index in [9.17, 15) is 22.4 Å². The van der Waals surface area contributed by atoms with E-state index in [1.54, 1.807) is 34.9 Å². The first kappa shape index (κ1) is 25.2. The molecule has 1 aliphatic heterocycles. The molecule has 33 heavy (non-hydrogen) atoms. The number of nitrogens with one attached hydrogen (secondary N) is 1. The van der Waals surface area contributed by atoms with Gasteiger partial charge in [-0.25, -0.2) is 12.8 Å². The highest BCUT2D eigenvalue weighted by atomic mass is 32.2. The first-order valence-corrected chi connectivity index (χ1v) is 13.5. The van der Waals surface area contributed by atoms with Gasteiger partial charge in [0, 0.05) is 31.7 Å². The van der Waals surface area contributed by atoms with Crippen molar-refractivity contribution >= 4 is 33.6 Å². The molecular weight excluding hydrogens is 465 g/mol. The Morgan fingerprint density at radius 1 is 1.09 bits per heavy atom. The fourth-order valence-corrected chi connectivity index (χ4v) is 5.54. The van der Waals surface area contributed by atoms with Crippen LogP contribution in [0.3, 0.4) is 0 Å². The van der Waals surface area contributed by atoms with E-state index in [0.29, 0.717) is 17.7 Å². The van der Waals surface area contributed by atoms with Crippen molar-refractivity contribution in [3.05, 3.63) is 65.5 Å². The molecule has 1 fully saturated rings. The summed E-state index contributed by atoms with van der Waals surface area (Å²) in [5, 5.41) is 2.85. The van der Waals surface area contributed by atoms with Gasteiger partial charge in [-0.1, -0.05) is 17.7 Å². The molecular formula is C23H28FN3O4S2. The van der Waals surface area contributed by atoms with Crippen LogP contribution in [0.25, 0.3) is 0 Å². The third kappa shape index (κ3) is 6.33. The number of amides is 2. The van der Waals surface area contributed by atoms with Crippen LogP contribution in [-0.2, 0) is 14.8 Å². The summed E-state index contributed by atoms with van der Waals surface area (Å²) < 4.78 is 40.1. The average Bonchev–Trinajstić information content (AvgIpc) is 2.81. The molecule has 3 rings (SSSR count). The normalized spacial score (nSPS) is 15.8. The summed E-state index contributed by atoms with van der Waals surface area (Å²) in [5.74, 6) is -0.337. The number of piperazine rings is 1. The Labute approximate surface area is 198 Å². The van der Waals surface area contributed by atoms with Crippen molar-refractivity contribution in [3.8, 4) is 0 Å². The van der Waals surface area contributed by atoms with Crippen molar-refractivity contribution < 1.29 is 22.4 Å². The van der Waals surface area contributed by atoms with Crippen LogP contribution in [-0.4, -0.2) is 73.7 Å². The summed E-state index contributed by atoms with van der Waals surface area (Å²) in [4.78, 5) is 27.5. The van der Waals surface area contributed by atoms with Gasteiger partial charge in [0.05, 0.1) is 4.90 Å². The Balaban J connectivity index is 1.65. The van der Waals surface area contributed by atoms with Gasteiger partial charge in [-0.15, -0.1) is 0 Å². The summed E-state index contributed by atoms with van der Waals surface area (Å²) in [6.07, 6.45) is 2.41. The van der Waals surface area contributed by atoms with Crippen molar-refractivity contribution in [2.24, 2.45) is 0 Å². The second-order valence-corrected chi connectivity index (χ2v) is 10.8. The number of nitrogens with zero attached hydrogens (tertiary/aromatic N) is 2. The van der Waals surface area contributed by atoms with Crippen LogP contribution in [0, 0.1) is 12.7 Å². The maximum absolute atomic E-state index is 13.2. The number of hydrogen-bond acceptors (Lipinski definition) is 5. The molecule has 0 aliphatic carbocycles.